The van der Waals surface area contributed by atoms with Gasteiger partial charge in [-0.3, -0.25) is 4.79 Å². The maximum Gasteiger partial charge on any atom is 0.433 e. The standard InChI is InChI=1S/C19H18F3N5O/c1-12(9-17-26-23-11-27(17)2)13-5-3-6-14(10-13)24-18(28)15-7-4-8-16(25-15)19(20,21)22/h3-8,10-12H,9H2,1-2H3,(H,24,28). The topological polar surface area (TPSA) is 72.7 Å². The number of carbonyl (C=O) groups is 1. The number of amides is 1. The fourth-order valence-electron chi connectivity index (χ4n) is 2.72. The van der Waals surface area contributed by atoms with Gasteiger partial charge in [0.25, 0.3) is 5.91 Å². The number of hydrogen-bond acceptors (Lipinski definition) is 4. The van der Waals surface area contributed by atoms with E-state index < -0.39 is 17.8 Å². The average molecular weight is 389 g/mol. The molecule has 1 unspecified atom stereocenters. The normalized spacial score (nSPS) is 12.6. The molecule has 3 aromatic rings. The quantitative estimate of drug-likeness (QED) is 0.720. The van der Waals surface area contributed by atoms with Gasteiger partial charge in [-0.05, 0) is 35.7 Å². The van der Waals surface area contributed by atoms with Crippen LogP contribution in [0.4, 0.5) is 18.9 Å². The van der Waals surface area contributed by atoms with Crippen molar-refractivity contribution >= 4 is 11.6 Å². The van der Waals surface area contributed by atoms with E-state index in [9.17, 15) is 18.0 Å². The van der Waals surface area contributed by atoms with Crippen LogP contribution in [0.3, 0.4) is 0 Å². The first-order chi connectivity index (χ1) is 13.2. The first-order valence-corrected chi connectivity index (χ1v) is 8.52. The van der Waals surface area contributed by atoms with Gasteiger partial charge in [0.2, 0.25) is 0 Å². The molecule has 28 heavy (non-hydrogen) atoms. The Morgan fingerprint density at radius 2 is 1.96 bits per heavy atom. The molecule has 3 rings (SSSR count). The zero-order chi connectivity index (χ0) is 20.3. The number of nitrogens with one attached hydrogen (secondary N) is 1. The minimum absolute atomic E-state index is 0.103. The summed E-state index contributed by atoms with van der Waals surface area (Å²) in [6, 6.07) is 10.4. The largest absolute Gasteiger partial charge is 0.433 e. The molecule has 0 spiro atoms. The van der Waals surface area contributed by atoms with Crippen LogP contribution >= 0.6 is 0 Å². The number of halogens is 3. The number of alkyl halides is 3. The lowest BCUT2D eigenvalue weighted by Gasteiger charge is -2.13. The third-order valence-corrected chi connectivity index (χ3v) is 4.28. The number of anilines is 1. The van der Waals surface area contributed by atoms with E-state index in [1.54, 1.807) is 24.5 Å². The first kappa shape index (κ1) is 19.5. The van der Waals surface area contributed by atoms with Crippen LogP contribution in [0.15, 0.2) is 48.8 Å². The van der Waals surface area contributed by atoms with E-state index in [4.69, 9.17) is 0 Å². The van der Waals surface area contributed by atoms with E-state index in [1.807, 2.05) is 24.6 Å². The number of rotatable bonds is 5. The lowest BCUT2D eigenvalue weighted by Crippen LogP contribution is -2.17. The van der Waals surface area contributed by atoms with E-state index in [2.05, 4.69) is 20.5 Å². The highest BCUT2D eigenvalue weighted by atomic mass is 19.4. The molecule has 2 aromatic heterocycles. The van der Waals surface area contributed by atoms with Gasteiger partial charge < -0.3 is 9.88 Å². The van der Waals surface area contributed by atoms with Crippen LogP contribution in [0.25, 0.3) is 0 Å². The first-order valence-electron chi connectivity index (χ1n) is 8.52. The number of benzene rings is 1. The lowest BCUT2D eigenvalue weighted by atomic mass is 9.97. The van der Waals surface area contributed by atoms with Crippen molar-refractivity contribution in [1.82, 2.24) is 19.7 Å². The summed E-state index contributed by atoms with van der Waals surface area (Å²) < 4.78 is 40.2. The molecule has 6 nitrogen and oxygen atoms in total. The Labute approximate surface area is 159 Å². The van der Waals surface area contributed by atoms with Gasteiger partial charge in [-0.25, -0.2) is 4.98 Å². The molecule has 0 aliphatic heterocycles. The van der Waals surface area contributed by atoms with Crippen molar-refractivity contribution in [2.75, 3.05) is 5.32 Å². The van der Waals surface area contributed by atoms with Crippen molar-refractivity contribution in [2.45, 2.75) is 25.4 Å². The summed E-state index contributed by atoms with van der Waals surface area (Å²) in [6.07, 6.45) is -2.32. The van der Waals surface area contributed by atoms with Gasteiger partial charge in [0.15, 0.2) is 0 Å². The number of carbonyl (C=O) groups excluding carboxylic acids is 1. The molecule has 1 atom stereocenters. The molecule has 9 heteroatoms. The fourth-order valence-corrected chi connectivity index (χ4v) is 2.72. The molecule has 0 saturated carbocycles. The minimum atomic E-state index is -4.61. The summed E-state index contributed by atoms with van der Waals surface area (Å²) in [5.41, 5.74) is 0.0305. The Kier molecular flexibility index (Phi) is 5.43. The molecule has 0 fully saturated rings. The minimum Gasteiger partial charge on any atom is -0.321 e. The zero-order valence-electron chi connectivity index (χ0n) is 15.2. The van der Waals surface area contributed by atoms with E-state index >= 15 is 0 Å². The number of nitrogens with zero attached hydrogens (tertiary/aromatic N) is 4. The summed E-state index contributed by atoms with van der Waals surface area (Å²) >= 11 is 0. The average Bonchev–Trinajstić information content (AvgIpc) is 3.06. The second-order valence-electron chi connectivity index (χ2n) is 6.45. The third-order valence-electron chi connectivity index (χ3n) is 4.28. The van der Waals surface area contributed by atoms with Gasteiger partial charge in [0.1, 0.15) is 23.5 Å². The predicted molar refractivity (Wildman–Crippen MR) is 96.8 cm³/mol. The predicted octanol–water partition coefficient (Wildman–Crippen LogP) is 3.83. The van der Waals surface area contributed by atoms with Gasteiger partial charge in [-0.15, -0.1) is 10.2 Å². The molecule has 2 heterocycles. The Bertz CT molecular complexity index is 983. The molecular weight excluding hydrogens is 371 g/mol. The van der Waals surface area contributed by atoms with Crippen molar-refractivity contribution in [1.29, 1.82) is 0 Å². The number of hydrogen-bond donors (Lipinski definition) is 1. The number of pyridine rings is 1. The van der Waals surface area contributed by atoms with Gasteiger partial charge >= 0.3 is 6.18 Å². The van der Waals surface area contributed by atoms with E-state index in [0.29, 0.717) is 12.1 Å². The van der Waals surface area contributed by atoms with Crippen LogP contribution in [-0.2, 0) is 19.6 Å². The molecule has 0 radical (unpaired) electrons. The number of aryl methyl sites for hydroxylation is 1. The van der Waals surface area contributed by atoms with Crippen molar-refractivity contribution in [3.8, 4) is 0 Å². The highest BCUT2D eigenvalue weighted by Crippen LogP contribution is 2.27. The van der Waals surface area contributed by atoms with Crippen LogP contribution in [0, 0.1) is 0 Å². The van der Waals surface area contributed by atoms with Crippen molar-refractivity contribution in [3.05, 3.63) is 71.6 Å². The highest BCUT2D eigenvalue weighted by molar-refractivity contribution is 6.02. The second-order valence-corrected chi connectivity index (χ2v) is 6.45. The summed E-state index contributed by atoms with van der Waals surface area (Å²) in [5.74, 6) is 0.228. The molecule has 1 amide bonds. The maximum atomic E-state index is 12.8. The van der Waals surface area contributed by atoms with Crippen molar-refractivity contribution in [3.63, 3.8) is 0 Å². The summed E-state index contributed by atoms with van der Waals surface area (Å²) in [6.45, 7) is 2.02. The van der Waals surface area contributed by atoms with E-state index in [0.717, 1.165) is 23.5 Å². The van der Waals surface area contributed by atoms with Crippen LogP contribution < -0.4 is 5.32 Å². The summed E-state index contributed by atoms with van der Waals surface area (Å²) in [5, 5.41) is 10.5. The SMILES string of the molecule is CC(Cc1nncn1C)c1cccc(NC(=O)c2cccc(C(F)(F)F)n2)c1. The summed E-state index contributed by atoms with van der Waals surface area (Å²) in [4.78, 5) is 15.7. The molecule has 1 N–H and O–H groups in total. The molecule has 146 valence electrons. The smallest absolute Gasteiger partial charge is 0.321 e. The van der Waals surface area contributed by atoms with Crippen LogP contribution in [0.2, 0.25) is 0 Å². The van der Waals surface area contributed by atoms with Gasteiger partial charge in [0, 0.05) is 19.2 Å². The molecule has 0 aliphatic rings. The van der Waals surface area contributed by atoms with Gasteiger partial charge in [0.05, 0.1) is 0 Å². The zero-order valence-corrected chi connectivity index (χ0v) is 15.2. The van der Waals surface area contributed by atoms with E-state index in [-0.39, 0.29) is 11.6 Å². The van der Waals surface area contributed by atoms with Crippen LogP contribution in [0.5, 0.6) is 0 Å². The monoisotopic (exact) mass is 389 g/mol. The van der Waals surface area contributed by atoms with Crippen molar-refractivity contribution < 1.29 is 18.0 Å². The maximum absolute atomic E-state index is 12.8. The molecular formula is C19H18F3N5O. The lowest BCUT2D eigenvalue weighted by molar-refractivity contribution is -0.141. The molecule has 0 saturated heterocycles. The Morgan fingerprint density at radius 1 is 1.21 bits per heavy atom. The number of aromatic nitrogens is 4. The third kappa shape index (κ3) is 4.54. The second kappa shape index (κ2) is 7.79. The summed E-state index contributed by atoms with van der Waals surface area (Å²) in [7, 11) is 1.86. The van der Waals surface area contributed by atoms with Crippen molar-refractivity contribution in [2.24, 2.45) is 7.05 Å². The van der Waals surface area contributed by atoms with Gasteiger partial charge in [-0.1, -0.05) is 25.1 Å². The Balaban J connectivity index is 1.74. The Morgan fingerprint density at radius 3 is 2.64 bits per heavy atom. The van der Waals surface area contributed by atoms with E-state index in [1.165, 1.54) is 6.07 Å². The fraction of sp³-hybridized carbons (Fsp3) is 0.263. The van der Waals surface area contributed by atoms with Gasteiger partial charge in [-0.2, -0.15) is 13.2 Å². The Hall–Kier alpha value is -3.23. The molecule has 0 bridgehead atoms. The van der Waals surface area contributed by atoms with Crippen LogP contribution in [-0.4, -0.2) is 25.7 Å². The van der Waals surface area contributed by atoms with Crippen LogP contribution in [0.1, 0.15) is 40.4 Å². The highest BCUT2D eigenvalue weighted by Gasteiger charge is 2.32. The molecule has 0 aliphatic carbocycles. The molecule has 1 aromatic carbocycles.